The number of rotatable bonds is 9. The third kappa shape index (κ3) is 5.51. The molecule has 162 valence electrons. The summed E-state index contributed by atoms with van der Waals surface area (Å²) in [4.78, 5) is 14.6. The lowest BCUT2D eigenvalue weighted by Crippen LogP contribution is -2.33. The van der Waals surface area contributed by atoms with Crippen LogP contribution in [0.5, 0.6) is 5.75 Å². The smallest absolute Gasteiger partial charge is 0.227 e. The number of aromatic nitrogens is 3. The van der Waals surface area contributed by atoms with Crippen molar-refractivity contribution in [2.24, 2.45) is 13.0 Å². The van der Waals surface area contributed by atoms with Crippen LogP contribution in [0.2, 0.25) is 0 Å². The van der Waals surface area contributed by atoms with Gasteiger partial charge in [0.15, 0.2) is 0 Å². The number of aryl methyl sites for hydroxylation is 1. The molecule has 6 heteroatoms. The highest BCUT2D eigenvalue weighted by atomic mass is 16.5. The van der Waals surface area contributed by atoms with Crippen molar-refractivity contribution in [3.8, 4) is 5.75 Å². The first-order valence-corrected chi connectivity index (χ1v) is 11.0. The Morgan fingerprint density at radius 2 is 1.87 bits per heavy atom. The van der Waals surface area contributed by atoms with Gasteiger partial charge >= 0.3 is 0 Å². The van der Waals surface area contributed by atoms with Crippen molar-refractivity contribution in [1.82, 2.24) is 20.3 Å². The first-order valence-electron chi connectivity index (χ1n) is 11.0. The van der Waals surface area contributed by atoms with Crippen LogP contribution in [0.4, 0.5) is 0 Å². The molecular formula is C25H30N4O2. The first kappa shape index (κ1) is 21.1. The van der Waals surface area contributed by atoms with E-state index in [1.807, 2.05) is 61.5 Å². The predicted molar refractivity (Wildman–Crippen MR) is 120 cm³/mol. The molecular weight excluding hydrogens is 388 g/mol. The summed E-state index contributed by atoms with van der Waals surface area (Å²) in [6.07, 6.45) is 6.17. The van der Waals surface area contributed by atoms with Crippen molar-refractivity contribution >= 4 is 5.91 Å². The van der Waals surface area contributed by atoms with Gasteiger partial charge in [-0.25, -0.2) is 0 Å². The molecule has 3 aromatic rings. The number of carbonyl (C=O) groups excluding carboxylic acids is 1. The number of ether oxygens (including phenoxy) is 1. The van der Waals surface area contributed by atoms with Gasteiger partial charge in [0, 0.05) is 13.5 Å². The molecule has 1 heterocycles. The van der Waals surface area contributed by atoms with Gasteiger partial charge in [0.1, 0.15) is 5.75 Å². The zero-order valence-electron chi connectivity index (χ0n) is 18.2. The highest BCUT2D eigenvalue weighted by molar-refractivity contribution is 5.83. The maximum atomic E-state index is 13.0. The van der Waals surface area contributed by atoms with Crippen LogP contribution in [-0.4, -0.2) is 27.5 Å². The average Bonchev–Trinajstić information content (AvgIpc) is 3.17. The van der Waals surface area contributed by atoms with Crippen LogP contribution in [0, 0.1) is 5.92 Å². The van der Waals surface area contributed by atoms with Crippen molar-refractivity contribution < 1.29 is 9.53 Å². The fourth-order valence-electron chi connectivity index (χ4n) is 3.80. The molecule has 1 saturated carbocycles. The zero-order chi connectivity index (χ0) is 21.6. The lowest BCUT2D eigenvalue weighted by atomic mass is 9.86. The fourth-order valence-corrected chi connectivity index (χ4v) is 3.80. The van der Waals surface area contributed by atoms with Crippen LogP contribution < -0.4 is 10.1 Å². The van der Waals surface area contributed by atoms with E-state index in [0.29, 0.717) is 12.3 Å². The van der Waals surface area contributed by atoms with Gasteiger partial charge in [-0.3, -0.25) is 4.79 Å². The van der Waals surface area contributed by atoms with Gasteiger partial charge in [0.25, 0.3) is 0 Å². The number of nitrogens with one attached hydrogen (secondary N) is 1. The van der Waals surface area contributed by atoms with Crippen LogP contribution in [-0.2, 0) is 18.3 Å². The Morgan fingerprint density at radius 1 is 1.13 bits per heavy atom. The summed E-state index contributed by atoms with van der Waals surface area (Å²) in [5.74, 6) is 1.32. The van der Waals surface area contributed by atoms with Gasteiger partial charge in [-0.1, -0.05) is 48.9 Å². The highest BCUT2D eigenvalue weighted by Crippen LogP contribution is 2.28. The molecule has 2 aromatic carbocycles. The summed E-state index contributed by atoms with van der Waals surface area (Å²) in [6, 6.07) is 17.7. The maximum absolute atomic E-state index is 13.0. The summed E-state index contributed by atoms with van der Waals surface area (Å²) in [5, 5.41) is 11.8. The first-order chi connectivity index (χ1) is 15.1. The molecule has 0 spiro atoms. The zero-order valence-corrected chi connectivity index (χ0v) is 18.2. The molecule has 6 nitrogen and oxygen atoms in total. The van der Waals surface area contributed by atoms with Crippen LogP contribution in [0.1, 0.15) is 55.0 Å². The highest BCUT2D eigenvalue weighted by Gasteiger charge is 2.22. The van der Waals surface area contributed by atoms with E-state index in [1.165, 1.54) is 24.1 Å². The molecule has 1 fully saturated rings. The molecule has 1 aliphatic carbocycles. The maximum Gasteiger partial charge on any atom is 0.227 e. The van der Waals surface area contributed by atoms with Crippen molar-refractivity contribution in [2.75, 3.05) is 6.61 Å². The summed E-state index contributed by atoms with van der Waals surface area (Å²) < 4.78 is 5.93. The molecule has 1 N–H and O–H groups in total. The molecule has 4 rings (SSSR count). The van der Waals surface area contributed by atoms with E-state index in [0.717, 1.165) is 29.2 Å². The molecule has 2 atom stereocenters. The standard InChI is InChI=1S/C25H30N4O2/c1-18(20-9-4-3-5-10-20)25(30)27-24(15-22-16-26-29(2)28-22)21-11-13-23(14-12-21)31-17-19-7-6-8-19/h3-5,9-14,16,18-19,24H,6-8,15,17H2,1-2H3,(H,27,30)/t18-,24-/m0/s1. The molecule has 0 unspecified atom stereocenters. The lowest BCUT2D eigenvalue weighted by molar-refractivity contribution is -0.123. The van der Waals surface area contributed by atoms with Gasteiger partial charge in [-0.15, -0.1) is 0 Å². The Hall–Kier alpha value is -3.15. The van der Waals surface area contributed by atoms with E-state index >= 15 is 0 Å². The predicted octanol–water partition coefficient (Wildman–Crippen LogP) is 4.20. The Morgan fingerprint density at radius 3 is 2.48 bits per heavy atom. The molecule has 0 bridgehead atoms. The number of amides is 1. The van der Waals surface area contributed by atoms with Crippen LogP contribution >= 0.6 is 0 Å². The minimum Gasteiger partial charge on any atom is -0.493 e. The van der Waals surface area contributed by atoms with Crippen LogP contribution in [0.15, 0.2) is 60.8 Å². The largest absolute Gasteiger partial charge is 0.493 e. The molecule has 1 amide bonds. The second-order valence-corrected chi connectivity index (χ2v) is 8.40. The van der Waals surface area contributed by atoms with E-state index in [9.17, 15) is 4.79 Å². The van der Waals surface area contributed by atoms with Gasteiger partial charge < -0.3 is 10.1 Å². The minimum atomic E-state index is -0.240. The minimum absolute atomic E-state index is 0.00889. The molecule has 1 aliphatic rings. The van der Waals surface area contributed by atoms with Crippen molar-refractivity contribution in [2.45, 2.75) is 44.6 Å². The molecule has 0 aliphatic heterocycles. The Bertz CT molecular complexity index is 980. The Balaban J connectivity index is 1.47. The van der Waals surface area contributed by atoms with E-state index in [4.69, 9.17) is 4.74 Å². The van der Waals surface area contributed by atoms with Gasteiger partial charge in [0.05, 0.1) is 30.5 Å². The summed E-state index contributed by atoms with van der Waals surface area (Å²) >= 11 is 0. The quantitative estimate of drug-likeness (QED) is 0.566. The Labute approximate surface area is 183 Å². The fraction of sp³-hybridized carbons (Fsp3) is 0.400. The monoisotopic (exact) mass is 418 g/mol. The van der Waals surface area contributed by atoms with E-state index in [2.05, 4.69) is 15.5 Å². The number of carbonyl (C=O) groups is 1. The Kier molecular flexibility index (Phi) is 6.65. The molecule has 0 saturated heterocycles. The van der Waals surface area contributed by atoms with Crippen molar-refractivity contribution in [3.05, 3.63) is 77.6 Å². The molecule has 0 radical (unpaired) electrons. The van der Waals surface area contributed by atoms with Crippen molar-refractivity contribution in [1.29, 1.82) is 0 Å². The second-order valence-electron chi connectivity index (χ2n) is 8.40. The third-order valence-corrected chi connectivity index (χ3v) is 6.06. The third-order valence-electron chi connectivity index (χ3n) is 6.06. The summed E-state index contributed by atoms with van der Waals surface area (Å²) in [6.45, 7) is 2.72. The summed E-state index contributed by atoms with van der Waals surface area (Å²) in [5.41, 5.74) is 2.86. The molecule has 1 aromatic heterocycles. The van der Waals surface area contributed by atoms with Gasteiger partial charge in [0.2, 0.25) is 5.91 Å². The summed E-state index contributed by atoms with van der Waals surface area (Å²) in [7, 11) is 1.79. The van der Waals surface area contributed by atoms with Gasteiger partial charge in [-0.05, 0) is 48.9 Å². The topological polar surface area (TPSA) is 69.0 Å². The van der Waals surface area contributed by atoms with Gasteiger partial charge in [-0.2, -0.15) is 15.0 Å². The van der Waals surface area contributed by atoms with Crippen LogP contribution in [0.3, 0.4) is 0 Å². The van der Waals surface area contributed by atoms with Crippen LogP contribution in [0.25, 0.3) is 0 Å². The van der Waals surface area contributed by atoms with E-state index in [-0.39, 0.29) is 17.9 Å². The van der Waals surface area contributed by atoms with Crippen molar-refractivity contribution in [3.63, 3.8) is 0 Å². The SMILES string of the molecule is C[C@H](C(=O)N[C@@H](Cc1cnn(C)n1)c1ccc(OCC2CCC2)cc1)c1ccccc1. The molecule has 31 heavy (non-hydrogen) atoms. The number of benzene rings is 2. The number of hydrogen-bond donors (Lipinski definition) is 1. The van der Waals surface area contributed by atoms with E-state index < -0.39 is 0 Å². The van der Waals surface area contributed by atoms with E-state index in [1.54, 1.807) is 13.2 Å². The average molecular weight is 419 g/mol. The normalized spacial score (nSPS) is 15.7. The lowest BCUT2D eigenvalue weighted by Gasteiger charge is -2.25. The number of hydrogen-bond acceptors (Lipinski definition) is 4. The second kappa shape index (κ2) is 9.77. The number of nitrogens with zero attached hydrogens (tertiary/aromatic N) is 3.